The lowest BCUT2D eigenvalue weighted by atomic mass is 9.98. The molecule has 0 aliphatic carbocycles. The van der Waals surface area contributed by atoms with Gasteiger partial charge in [0.25, 0.3) is 0 Å². The molecule has 80 valence electrons. The van der Waals surface area contributed by atoms with Gasteiger partial charge in [0.1, 0.15) is 0 Å². The maximum Gasteiger partial charge on any atom is 0.0950 e. The Morgan fingerprint density at radius 2 is 2.00 bits per heavy atom. The fraction of sp³-hybridized carbons (Fsp3) is 0.667. The molecule has 0 bridgehead atoms. The summed E-state index contributed by atoms with van der Waals surface area (Å²) in [4.78, 5) is 0. The lowest BCUT2D eigenvalue weighted by Crippen LogP contribution is -2.26. The third-order valence-corrected chi connectivity index (χ3v) is 2.93. The van der Waals surface area contributed by atoms with Gasteiger partial charge in [-0.15, -0.1) is 0 Å². The lowest BCUT2D eigenvalue weighted by Gasteiger charge is -2.19. The molecule has 0 aliphatic rings. The Morgan fingerprint density at radius 1 is 1.29 bits per heavy atom. The predicted octanol–water partition coefficient (Wildman–Crippen LogP) is 3.22. The van der Waals surface area contributed by atoms with Crippen molar-refractivity contribution in [2.45, 2.75) is 33.7 Å². The van der Waals surface area contributed by atoms with Crippen LogP contribution in [0.1, 0.15) is 39.3 Å². The molecule has 2 heteroatoms. The second-order valence-corrected chi connectivity index (χ2v) is 4.41. The van der Waals surface area contributed by atoms with Crippen LogP contribution in [0.4, 0.5) is 0 Å². The second-order valence-electron chi connectivity index (χ2n) is 4.41. The largest absolute Gasteiger partial charge is 0.472 e. The van der Waals surface area contributed by atoms with Gasteiger partial charge in [-0.1, -0.05) is 20.8 Å². The molecule has 0 aromatic carbocycles. The van der Waals surface area contributed by atoms with Gasteiger partial charge in [-0.25, -0.2) is 0 Å². The molecule has 0 aliphatic heterocycles. The molecule has 1 rings (SSSR count). The summed E-state index contributed by atoms with van der Waals surface area (Å²) in [5.74, 6) is 1.45. The van der Waals surface area contributed by atoms with Crippen molar-refractivity contribution in [3.8, 4) is 0 Å². The molecular formula is C12H21NO. The van der Waals surface area contributed by atoms with Gasteiger partial charge in [0.2, 0.25) is 0 Å². The number of rotatable bonds is 5. The molecule has 0 amide bonds. The first-order valence-corrected chi connectivity index (χ1v) is 5.36. The molecule has 0 spiro atoms. The van der Waals surface area contributed by atoms with Crippen LogP contribution in [0.2, 0.25) is 0 Å². The van der Waals surface area contributed by atoms with Crippen molar-refractivity contribution >= 4 is 0 Å². The van der Waals surface area contributed by atoms with Crippen LogP contribution in [0.15, 0.2) is 23.0 Å². The molecule has 14 heavy (non-hydrogen) atoms. The van der Waals surface area contributed by atoms with Gasteiger partial charge < -0.3 is 9.73 Å². The zero-order chi connectivity index (χ0) is 10.6. The van der Waals surface area contributed by atoms with Gasteiger partial charge in [-0.2, -0.15) is 0 Å². The second kappa shape index (κ2) is 5.20. The molecule has 2 atom stereocenters. The maximum absolute atomic E-state index is 5.05. The van der Waals surface area contributed by atoms with Crippen molar-refractivity contribution in [3.63, 3.8) is 0 Å². The van der Waals surface area contributed by atoms with Crippen LogP contribution in [0.25, 0.3) is 0 Å². The number of furan rings is 1. The van der Waals surface area contributed by atoms with Crippen LogP contribution in [0.3, 0.4) is 0 Å². The summed E-state index contributed by atoms with van der Waals surface area (Å²) >= 11 is 0. The highest BCUT2D eigenvalue weighted by Gasteiger charge is 2.10. The standard InChI is InChI=1S/C12H21NO/c1-9(2)10(3)7-13-11(4)12-5-6-14-8-12/h5-6,8-11,13H,7H2,1-4H3. The fourth-order valence-corrected chi connectivity index (χ4v) is 1.24. The predicted molar refractivity (Wildman–Crippen MR) is 59.1 cm³/mol. The highest BCUT2D eigenvalue weighted by molar-refractivity contribution is 5.10. The van der Waals surface area contributed by atoms with E-state index < -0.39 is 0 Å². The molecule has 2 nitrogen and oxygen atoms in total. The fourth-order valence-electron chi connectivity index (χ4n) is 1.24. The van der Waals surface area contributed by atoms with E-state index in [0.717, 1.165) is 12.5 Å². The molecule has 1 N–H and O–H groups in total. The SMILES string of the molecule is CC(NCC(C)C(C)C)c1ccoc1. The first-order chi connectivity index (χ1) is 6.61. The minimum Gasteiger partial charge on any atom is -0.472 e. The van der Waals surface area contributed by atoms with Gasteiger partial charge in [0.15, 0.2) is 0 Å². The van der Waals surface area contributed by atoms with Crippen molar-refractivity contribution in [2.24, 2.45) is 11.8 Å². The molecule has 0 saturated carbocycles. The normalized spacial score (nSPS) is 15.8. The van der Waals surface area contributed by atoms with E-state index in [4.69, 9.17) is 4.42 Å². The van der Waals surface area contributed by atoms with Crippen LogP contribution in [0, 0.1) is 11.8 Å². The van der Waals surface area contributed by atoms with Crippen molar-refractivity contribution in [1.82, 2.24) is 5.32 Å². The van der Waals surface area contributed by atoms with E-state index in [9.17, 15) is 0 Å². The molecule has 2 unspecified atom stereocenters. The topological polar surface area (TPSA) is 25.2 Å². The average Bonchev–Trinajstić information content (AvgIpc) is 2.66. The van der Waals surface area contributed by atoms with Gasteiger partial charge >= 0.3 is 0 Å². The number of hydrogen-bond donors (Lipinski definition) is 1. The first-order valence-electron chi connectivity index (χ1n) is 5.36. The average molecular weight is 195 g/mol. The molecule has 0 fully saturated rings. The third kappa shape index (κ3) is 3.18. The zero-order valence-corrected chi connectivity index (χ0v) is 9.58. The lowest BCUT2D eigenvalue weighted by molar-refractivity contribution is 0.375. The van der Waals surface area contributed by atoms with Gasteiger partial charge in [0.05, 0.1) is 12.5 Å². The monoisotopic (exact) mass is 195 g/mol. The third-order valence-electron chi connectivity index (χ3n) is 2.93. The minimum atomic E-state index is 0.384. The first kappa shape index (κ1) is 11.3. The molecule has 1 heterocycles. The quantitative estimate of drug-likeness (QED) is 0.780. The van der Waals surface area contributed by atoms with Crippen LogP contribution in [-0.4, -0.2) is 6.54 Å². The van der Waals surface area contributed by atoms with E-state index in [0.29, 0.717) is 12.0 Å². The summed E-state index contributed by atoms with van der Waals surface area (Å²) in [6.07, 6.45) is 3.52. The van der Waals surface area contributed by atoms with Crippen LogP contribution >= 0.6 is 0 Å². The van der Waals surface area contributed by atoms with Gasteiger partial charge in [-0.3, -0.25) is 0 Å². The molecule has 0 radical (unpaired) electrons. The highest BCUT2D eigenvalue weighted by Crippen LogP contribution is 2.14. The molecule has 0 saturated heterocycles. The maximum atomic E-state index is 5.05. The summed E-state index contributed by atoms with van der Waals surface area (Å²) in [7, 11) is 0. The van der Waals surface area contributed by atoms with Crippen molar-refractivity contribution in [2.75, 3.05) is 6.54 Å². The summed E-state index contributed by atoms with van der Waals surface area (Å²) in [6.45, 7) is 10.0. The van der Waals surface area contributed by atoms with E-state index in [2.05, 4.69) is 33.0 Å². The molecular weight excluding hydrogens is 174 g/mol. The zero-order valence-electron chi connectivity index (χ0n) is 9.58. The Morgan fingerprint density at radius 3 is 2.50 bits per heavy atom. The number of hydrogen-bond acceptors (Lipinski definition) is 2. The summed E-state index contributed by atoms with van der Waals surface area (Å²) < 4.78 is 5.05. The van der Waals surface area contributed by atoms with E-state index in [1.54, 1.807) is 12.5 Å². The minimum absolute atomic E-state index is 0.384. The molecule has 1 aromatic heterocycles. The number of nitrogens with one attached hydrogen (secondary N) is 1. The van der Waals surface area contributed by atoms with E-state index in [1.807, 2.05) is 6.07 Å². The highest BCUT2D eigenvalue weighted by atomic mass is 16.3. The summed E-state index contributed by atoms with van der Waals surface area (Å²) in [5.41, 5.74) is 1.22. The Hall–Kier alpha value is -0.760. The van der Waals surface area contributed by atoms with E-state index in [1.165, 1.54) is 5.56 Å². The van der Waals surface area contributed by atoms with Gasteiger partial charge in [-0.05, 0) is 31.4 Å². The summed E-state index contributed by atoms with van der Waals surface area (Å²) in [5, 5.41) is 3.51. The van der Waals surface area contributed by atoms with E-state index >= 15 is 0 Å². The molecule has 1 aromatic rings. The Bertz CT molecular complexity index is 241. The van der Waals surface area contributed by atoms with Crippen LogP contribution in [-0.2, 0) is 0 Å². The Labute approximate surface area is 86.7 Å². The Balaban J connectivity index is 2.32. The van der Waals surface area contributed by atoms with Crippen molar-refractivity contribution < 1.29 is 4.42 Å². The van der Waals surface area contributed by atoms with Gasteiger partial charge in [0, 0.05) is 11.6 Å². The van der Waals surface area contributed by atoms with Crippen molar-refractivity contribution in [3.05, 3.63) is 24.2 Å². The van der Waals surface area contributed by atoms with Crippen molar-refractivity contribution in [1.29, 1.82) is 0 Å². The smallest absolute Gasteiger partial charge is 0.0950 e. The Kier molecular flexibility index (Phi) is 4.21. The van der Waals surface area contributed by atoms with Crippen LogP contribution < -0.4 is 5.32 Å². The van der Waals surface area contributed by atoms with Crippen LogP contribution in [0.5, 0.6) is 0 Å². The summed E-state index contributed by atoms with van der Waals surface area (Å²) in [6, 6.07) is 2.40. The van der Waals surface area contributed by atoms with E-state index in [-0.39, 0.29) is 0 Å².